The number of carbonyl (C=O) groups is 3. The average Bonchev–Trinajstić information content (AvgIpc) is 3.24. The van der Waals surface area contributed by atoms with Gasteiger partial charge in [0.15, 0.2) is 0 Å². The van der Waals surface area contributed by atoms with Crippen LogP contribution in [-0.4, -0.2) is 40.9 Å². The second kappa shape index (κ2) is 7.75. The molecule has 1 aromatic carbocycles. The Labute approximate surface area is 191 Å². The molecule has 0 aromatic heterocycles. The first-order chi connectivity index (χ1) is 15.1. The normalized spacial score (nSPS) is 29.0. The summed E-state index contributed by atoms with van der Waals surface area (Å²) in [7, 11) is 0. The van der Waals surface area contributed by atoms with Crippen molar-refractivity contribution in [3.05, 3.63) is 42.5 Å². The van der Waals surface area contributed by atoms with Crippen LogP contribution < -0.4 is 10.2 Å². The molecule has 4 rings (SSSR count). The van der Waals surface area contributed by atoms with E-state index >= 15 is 0 Å². The molecule has 172 valence electrons. The van der Waals surface area contributed by atoms with Crippen LogP contribution >= 0.6 is 0 Å². The maximum atomic E-state index is 13.8. The number of nitrogens with one attached hydrogen (secondary N) is 1. The first-order valence-electron chi connectivity index (χ1n) is 11.8. The van der Waals surface area contributed by atoms with Gasteiger partial charge in [0.1, 0.15) is 18.2 Å². The highest BCUT2D eigenvalue weighted by Gasteiger charge is 2.69. The maximum Gasteiger partial charge on any atom is 0.247 e. The molecule has 0 unspecified atom stereocenters. The number of para-hydroxylation sites is 1. The Morgan fingerprint density at radius 3 is 2.62 bits per heavy atom. The number of piperazine rings is 1. The topological polar surface area (TPSA) is 69.7 Å². The molecule has 0 saturated carbocycles. The highest BCUT2D eigenvalue weighted by molar-refractivity contribution is 6.03. The van der Waals surface area contributed by atoms with Gasteiger partial charge in [0.25, 0.3) is 0 Å². The van der Waals surface area contributed by atoms with Gasteiger partial charge in [-0.15, -0.1) is 6.58 Å². The van der Waals surface area contributed by atoms with Gasteiger partial charge in [0, 0.05) is 17.5 Å². The van der Waals surface area contributed by atoms with Crippen molar-refractivity contribution in [2.24, 2.45) is 11.3 Å². The number of rotatable bonds is 6. The Kier molecular flexibility index (Phi) is 5.46. The van der Waals surface area contributed by atoms with E-state index in [1.807, 2.05) is 49.9 Å². The average molecular weight is 438 g/mol. The summed E-state index contributed by atoms with van der Waals surface area (Å²) < 4.78 is 0. The van der Waals surface area contributed by atoms with Crippen molar-refractivity contribution in [2.45, 2.75) is 84.0 Å². The SMILES string of the molecule is C=CC(C)(C)[C@@]12C[C@H]3C(=O)N[C@@H](CC(C)C)C(=O)N3[C@@H]1N(C(=O)CCC)c1ccccc12. The quantitative estimate of drug-likeness (QED) is 0.689. The Morgan fingerprint density at radius 1 is 1.31 bits per heavy atom. The van der Waals surface area contributed by atoms with Crippen molar-refractivity contribution in [2.75, 3.05) is 4.90 Å². The Balaban J connectivity index is 1.94. The summed E-state index contributed by atoms with van der Waals surface area (Å²) in [4.78, 5) is 44.1. The summed E-state index contributed by atoms with van der Waals surface area (Å²) in [5, 5.41) is 2.98. The van der Waals surface area contributed by atoms with Crippen LogP contribution in [-0.2, 0) is 19.8 Å². The molecule has 0 spiro atoms. The zero-order valence-corrected chi connectivity index (χ0v) is 19.9. The van der Waals surface area contributed by atoms with Crippen LogP contribution in [0.1, 0.15) is 65.9 Å². The van der Waals surface area contributed by atoms with Crippen LogP contribution in [0.3, 0.4) is 0 Å². The van der Waals surface area contributed by atoms with Crippen molar-refractivity contribution in [3.63, 3.8) is 0 Å². The predicted molar refractivity (Wildman–Crippen MR) is 125 cm³/mol. The standard InChI is InChI=1S/C26H35N3O3/c1-7-11-21(30)28-19-13-10-9-12-17(19)26(25(5,6)8-2)15-20-22(31)27-18(14-16(3)4)23(32)29(20)24(26)28/h8-10,12-13,16,18,20,24H,2,7,11,14-15H2,1,3-6H3,(H,27,31)/t18-,20-,24-,26+/m0/s1. The lowest BCUT2D eigenvalue weighted by Gasteiger charge is -2.46. The van der Waals surface area contributed by atoms with E-state index in [1.165, 1.54) is 0 Å². The molecule has 1 aromatic rings. The minimum Gasteiger partial charge on any atom is -0.342 e. The Morgan fingerprint density at radius 2 is 2.00 bits per heavy atom. The number of hydrogen-bond acceptors (Lipinski definition) is 3. The van der Waals surface area contributed by atoms with Crippen LogP contribution in [0.15, 0.2) is 36.9 Å². The number of hydrogen-bond donors (Lipinski definition) is 1. The molecule has 3 aliphatic rings. The van der Waals surface area contributed by atoms with Gasteiger partial charge in [-0.25, -0.2) is 0 Å². The first-order valence-corrected chi connectivity index (χ1v) is 11.8. The van der Waals surface area contributed by atoms with E-state index < -0.39 is 29.1 Å². The predicted octanol–water partition coefficient (Wildman–Crippen LogP) is 3.75. The van der Waals surface area contributed by atoms with Crippen LogP contribution in [0.25, 0.3) is 0 Å². The van der Waals surface area contributed by atoms with E-state index in [-0.39, 0.29) is 23.6 Å². The van der Waals surface area contributed by atoms with Gasteiger partial charge >= 0.3 is 0 Å². The molecule has 2 fully saturated rings. The van der Waals surface area contributed by atoms with E-state index in [4.69, 9.17) is 0 Å². The third-order valence-electron chi connectivity index (χ3n) is 7.72. The van der Waals surface area contributed by atoms with E-state index in [0.29, 0.717) is 19.3 Å². The molecule has 3 heterocycles. The highest BCUT2D eigenvalue weighted by atomic mass is 16.2. The van der Waals surface area contributed by atoms with E-state index in [0.717, 1.165) is 17.7 Å². The van der Waals surface area contributed by atoms with Crippen LogP contribution in [0, 0.1) is 11.3 Å². The lowest BCUT2D eigenvalue weighted by atomic mass is 9.60. The summed E-state index contributed by atoms with van der Waals surface area (Å²) in [6.07, 6.45) is 3.53. The number of carbonyl (C=O) groups excluding carboxylic acids is 3. The third-order valence-corrected chi connectivity index (χ3v) is 7.72. The van der Waals surface area contributed by atoms with Crippen molar-refractivity contribution in [3.8, 4) is 0 Å². The minimum atomic E-state index is -0.612. The number of amides is 3. The molecule has 3 amide bonds. The smallest absolute Gasteiger partial charge is 0.247 e. The summed E-state index contributed by atoms with van der Waals surface area (Å²) in [5.74, 6) is 0.0457. The number of benzene rings is 1. The molecular weight excluding hydrogens is 402 g/mol. The minimum absolute atomic E-state index is 0.00784. The molecule has 6 nitrogen and oxygen atoms in total. The van der Waals surface area contributed by atoms with Crippen LogP contribution in [0.2, 0.25) is 0 Å². The number of allylic oxidation sites excluding steroid dienone is 1. The molecule has 0 radical (unpaired) electrons. The van der Waals surface area contributed by atoms with Gasteiger partial charge in [0.05, 0.1) is 0 Å². The number of anilines is 1. The Hall–Kier alpha value is -2.63. The maximum absolute atomic E-state index is 13.8. The molecule has 1 N–H and O–H groups in total. The number of fused-ring (bicyclic) bond motifs is 5. The van der Waals surface area contributed by atoms with E-state index in [9.17, 15) is 14.4 Å². The molecule has 6 heteroatoms. The molecule has 32 heavy (non-hydrogen) atoms. The van der Waals surface area contributed by atoms with Gasteiger partial charge in [0.2, 0.25) is 17.7 Å². The van der Waals surface area contributed by atoms with Crippen LogP contribution in [0.4, 0.5) is 5.69 Å². The van der Waals surface area contributed by atoms with Gasteiger partial charge in [-0.1, -0.05) is 58.9 Å². The first kappa shape index (κ1) is 22.6. The molecule has 0 bridgehead atoms. The zero-order chi connectivity index (χ0) is 23.4. The van der Waals surface area contributed by atoms with Crippen molar-refractivity contribution >= 4 is 23.4 Å². The Bertz CT molecular complexity index is 969. The highest BCUT2D eigenvalue weighted by Crippen LogP contribution is 2.62. The second-order valence-corrected chi connectivity index (χ2v) is 10.5. The lowest BCUT2D eigenvalue weighted by Crippen LogP contribution is -2.66. The van der Waals surface area contributed by atoms with Crippen molar-refractivity contribution < 1.29 is 14.4 Å². The third kappa shape index (κ3) is 2.95. The van der Waals surface area contributed by atoms with Crippen molar-refractivity contribution in [1.82, 2.24) is 10.2 Å². The van der Waals surface area contributed by atoms with E-state index in [2.05, 4.69) is 31.8 Å². The fourth-order valence-electron chi connectivity index (χ4n) is 6.07. The molecule has 3 aliphatic heterocycles. The molecule has 2 saturated heterocycles. The monoisotopic (exact) mass is 437 g/mol. The molecular formula is C26H35N3O3. The number of nitrogens with zero attached hydrogens (tertiary/aromatic N) is 2. The molecule has 0 aliphatic carbocycles. The zero-order valence-electron chi connectivity index (χ0n) is 19.9. The van der Waals surface area contributed by atoms with Crippen LogP contribution in [0.5, 0.6) is 0 Å². The summed E-state index contributed by atoms with van der Waals surface area (Å²) in [6.45, 7) is 14.4. The summed E-state index contributed by atoms with van der Waals surface area (Å²) in [5.41, 5.74) is 0.804. The summed E-state index contributed by atoms with van der Waals surface area (Å²) >= 11 is 0. The summed E-state index contributed by atoms with van der Waals surface area (Å²) in [6, 6.07) is 6.78. The fourth-order valence-corrected chi connectivity index (χ4v) is 6.07. The van der Waals surface area contributed by atoms with Gasteiger partial charge in [-0.05, 0) is 42.2 Å². The molecule has 4 atom stereocenters. The fraction of sp³-hybridized carbons (Fsp3) is 0.577. The van der Waals surface area contributed by atoms with Gasteiger partial charge in [-0.3, -0.25) is 19.3 Å². The van der Waals surface area contributed by atoms with Gasteiger partial charge < -0.3 is 10.2 Å². The van der Waals surface area contributed by atoms with Crippen molar-refractivity contribution in [1.29, 1.82) is 0 Å². The largest absolute Gasteiger partial charge is 0.342 e. The second-order valence-electron chi connectivity index (χ2n) is 10.5. The van der Waals surface area contributed by atoms with Gasteiger partial charge in [-0.2, -0.15) is 0 Å². The van der Waals surface area contributed by atoms with E-state index in [1.54, 1.807) is 4.90 Å². The lowest BCUT2D eigenvalue weighted by molar-refractivity contribution is -0.150.